The van der Waals surface area contributed by atoms with Gasteiger partial charge in [-0.3, -0.25) is 4.98 Å². The van der Waals surface area contributed by atoms with Crippen molar-refractivity contribution in [3.8, 4) is 22.6 Å². The molecule has 1 atom stereocenters. The Bertz CT molecular complexity index is 1230. The molecule has 0 unspecified atom stereocenters. The van der Waals surface area contributed by atoms with Gasteiger partial charge in [0.1, 0.15) is 11.4 Å². The molecule has 2 aliphatic rings. The minimum Gasteiger partial charge on any atom is -0.336 e. The highest BCUT2D eigenvalue weighted by Gasteiger charge is 2.26. The Kier molecular flexibility index (Phi) is 4.44. The quantitative estimate of drug-likeness (QED) is 0.500. The summed E-state index contributed by atoms with van der Waals surface area (Å²) in [5.41, 5.74) is 9.14. The van der Waals surface area contributed by atoms with Gasteiger partial charge in [0, 0.05) is 30.4 Å². The Morgan fingerprint density at radius 2 is 1.97 bits per heavy atom. The molecule has 1 fully saturated rings. The van der Waals surface area contributed by atoms with Gasteiger partial charge >= 0.3 is 0 Å². The van der Waals surface area contributed by atoms with Crippen LogP contribution >= 0.6 is 0 Å². The Balaban J connectivity index is 1.24. The fraction of sp³-hybridized carbons (Fsp3) is 0.360. The van der Waals surface area contributed by atoms with Crippen LogP contribution in [0.3, 0.4) is 0 Å². The van der Waals surface area contributed by atoms with Gasteiger partial charge in [-0.1, -0.05) is 18.2 Å². The van der Waals surface area contributed by atoms with Gasteiger partial charge in [0.05, 0.1) is 17.7 Å². The number of aromatic nitrogens is 6. The summed E-state index contributed by atoms with van der Waals surface area (Å²) in [5, 5.41) is 11.1. The Morgan fingerprint density at radius 1 is 1.03 bits per heavy atom. The van der Waals surface area contributed by atoms with Crippen LogP contribution in [0, 0.1) is 6.92 Å². The number of rotatable bonds is 5. The minimum atomic E-state index is 0.552. The first-order valence-corrected chi connectivity index (χ1v) is 11.2. The van der Waals surface area contributed by atoms with E-state index in [1.807, 2.05) is 31.6 Å². The molecule has 0 spiro atoms. The van der Waals surface area contributed by atoms with E-state index in [1.54, 1.807) is 11.1 Å². The van der Waals surface area contributed by atoms with E-state index in [9.17, 15) is 0 Å². The maximum atomic E-state index is 4.65. The molecule has 31 heavy (non-hydrogen) atoms. The van der Waals surface area contributed by atoms with Crippen molar-refractivity contribution in [2.24, 2.45) is 0 Å². The van der Waals surface area contributed by atoms with E-state index in [2.05, 4.69) is 54.3 Å². The largest absolute Gasteiger partial charge is 0.336 e. The zero-order valence-corrected chi connectivity index (χ0v) is 17.8. The molecule has 1 saturated carbocycles. The van der Waals surface area contributed by atoms with Crippen LogP contribution in [-0.2, 0) is 13.0 Å². The second-order valence-corrected chi connectivity index (χ2v) is 8.96. The molecule has 0 aliphatic heterocycles. The highest BCUT2D eigenvalue weighted by Crippen LogP contribution is 2.42. The number of pyridine rings is 1. The molecule has 1 aromatic carbocycles. The summed E-state index contributed by atoms with van der Waals surface area (Å²) in [5.74, 6) is 1.38. The zero-order valence-electron chi connectivity index (χ0n) is 17.8. The first-order chi connectivity index (χ1) is 15.2. The molecule has 6 heteroatoms. The van der Waals surface area contributed by atoms with Crippen LogP contribution in [0.5, 0.6) is 0 Å². The second-order valence-electron chi connectivity index (χ2n) is 8.96. The number of hydrogen-bond donors (Lipinski definition) is 1. The van der Waals surface area contributed by atoms with Crippen LogP contribution in [-0.4, -0.2) is 29.9 Å². The number of hydrogen-bond acceptors (Lipinski definition) is 4. The lowest BCUT2D eigenvalue weighted by Crippen LogP contribution is -2.15. The van der Waals surface area contributed by atoms with Crippen molar-refractivity contribution in [3.05, 3.63) is 71.4 Å². The van der Waals surface area contributed by atoms with Gasteiger partial charge in [0.15, 0.2) is 0 Å². The van der Waals surface area contributed by atoms with Gasteiger partial charge in [0.25, 0.3) is 0 Å². The SMILES string of the molecule is Cc1n[nH]nc1-c1ccnc(-c2cn(C[C@H]3CCCc4cc(C5CC5)ccc43)cn2)c1. The summed E-state index contributed by atoms with van der Waals surface area (Å²) in [6.07, 6.45) is 12.3. The lowest BCUT2D eigenvalue weighted by molar-refractivity contribution is 0.483. The van der Waals surface area contributed by atoms with Crippen molar-refractivity contribution in [1.82, 2.24) is 29.9 Å². The van der Waals surface area contributed by atoms with Crippen molar-refractivity contribution in [2.45, 2.75) is 57.4 Å². The highest BCUT2D eigenvalue weighted by atomic mass is 15.3. The van der Waals surface area contributed by atoms with E-state index in [-0.39, 0.29) is 0 Å². The molecule has 156 valence electrons. The van der Waals surface area contributed by atoms with Crippen molar-refractivity contribution in [2.75, 3.05) is 0 Å². The third-order valence-corrected chi connectivity index (χ3v) is 6.74. The minimum absolute atomic E-state index is 0.552. The first kappa shape index (κ1) is 18.5. The van der Waals surface area contributed by atoms with Crippen molar-refractivity contribution < 1.29 is 0 Å². The van der Waals surface area contributed by atoms with Crippen molar-refractivity contribution >= 4 is 0 Å². The number of nitrogens with zero attached hydrogens (tertiary/aromatic N) is 5. The van der Waals surface area contributed by atoms with Crippen LogP contribution in [0.2, 0.25) is 0 Å². The van der Waals surface area contributed by atoms with Crippen LogP contribution in [0.15, 0.2) is 49.1 Å². The average Bonchev–Trinajstić information content (AvgIpc) is 3.40. The van der Waals surface area contributed by atoms with Gasteiger partial charge in [0.2, 0.25) is 0 Å². The zero-order chi connectivity index (χ0) is 20.8. The predicted molar refractivity (Wildman–Crippen MR) is 120 cm³/mol. The van der Waals surface area contributed by atoms with Gasteiger partial charge in [-0.25, -0.2) is 4.98 Å². The molecule has 3 heterocycles. The summed E-state index contributed by atoms with van der Waals surface area (Å²) in [6, 6.07) is 11.2. The number of benzene rings is 1. The van der Waals surface area contributed by atoms with E-state index in [0.29, 0.717) is 5.92 Å². The van der Waals surface area contributed by atoms with Gasteiger partial charge < -0.3 is 4.57 Å². The number of aromatic amines is 1. The predicted octanol–water partition coefficient (Wildman–Crippen LogP) is 5.04. The molecule has 6 rings (SSSR count). The van der Waals surface area contributed by atoms with Gasteiger partial charge in [-0.15, -0.1) is 0 Å². The highest BCUT2D eigenvalue weighted by molar-refractivity contribution is 5.67. The summed E-state index contributed by atoms with van der Waals surface area (Å²) in [7, 11) is 0. The third kappa shape index (κ3) is 3.56. The lowest BCUT2D eigenvalue weighted by Gasteiger charge is -2.26. The molecule has 0 radical (unpaired) electrons. The smallest absolute Gasteiger partial charge is 0.115 e. The van der Waals surface area contributed by atoms with Crippen LogP contribution in [0.4, 0.5) is 0 Å². The monoisotopic (exact) mass is 410 g/mol. The molecule has 6 nitrogen and oxygen atoms in total. The average molecular weight is 411 g/mol. The van der Waals surface area contributed by atoms with Crippen LogP contribution < -0.4 is 0 Å². The number of imidazole rings is 1. The topological polar surface area (TPSA) is 72.3 Å². The van der Waals surface area contributed by atoms with Crippen LogP contribution in [0.1, 0.15) is 59.9 Å². The van der Waals surface area contributed by atoms with Crippen LogP contribution in [0.25, 0.3) is 22.6 Å². The molecular formula is C25H26N6. The summed E-state index contributed by atoms with van der Waals surface area (Å²) < 4.78 is 2.22. The fourth-order valence-electron chi connectivity index (χ4n) is 4.92. The maximum absolute atomic E-state index is 4.65. The Hall–Kier alpha value is -3.28. The summed E-state index contributed by atoms with van der Waals surface area (Å²) in [4.78, 5) is 9.20. The van der Waals surface area contributed by atoms with E-state index in [1.165, 1.54) is 37.7 Å². The number of aryl methyl sites for hydroxylation is 2. The maximum Gasteiger partial charge on any atom is 0.115 e. The molecular weight excluding hydrogens is 384 g/mol. The van der Waals surface area contributed by atoms with E-state index >= 15 is 0 Å². The van der Waals surface area contributed by atoms with Gasteiger partial charge in [-0.05, 0) is 73.8 Å². The molecule has 0 amide bonds. The van der Waals surface area contributed by atoms with Gasteiger partial charge in [-0.2, -0.15) is 15.4 Å². The molecule has 0 bridgehead atoms. The molecule has 2 aliphatic carbocycles. The van der Waals surface area contributed by atoms with Crippen molar-refractivity contribution in [3.63, 3.8) is 0 Å². The first-order valence-electron chi connectivity index (χ1n) is 11.2. The number of H-pyrrole nitrogens is 1. The van der Waals surface area contributed by atoms with E-state index in [4.69, 9.17) is 0 Å². The molecule has 0 saturated heterocycles. The molecule has 4 aromatic rings. The standard InChI is InChI=1S/C25H26N6/c1-16-25(29-30-28-16)20-9-10-26-23(12-20)24-14-31(15-27-24)13-21-4-2-3-19-11-18(17-5-6-17)7-8-22(19)21/h7-12,14-15,17,21H,2-6,13H2,1H3,(H,28,29,30)/t21-/m1/s1. The second kappa shape index (κ2) is 7.45. The summed E-state index contributed by atoms with van der Waals surface area (Å²) >= 11 is 0. The molecule has 1 N–H and O–H groups in total. The van der Waals surface area contributed by atoms with E-state index < -0.39 is 0 Å². The van der Waals surface area contributed by atoms with Crippen molar-refractivity contribution in [1.29, 1.82) is 0 Å². The Morgan fingerprint density at radius 3 is 2.81 bits per heavy atom. The number of nitrogens with one attached hydrogen (secondary N) is 1. The molecule has 3 aromatic heterocycles. The fourth-order valence-corrected chi connectivity index (χ4v) is 4.92. The van der Waals surface area contributed by atoms with E-state index in [0.717, 1.165) is 40.8 Å². The normalized spacial score (nSPS) is 18.2. The number of fused-ring (bicyclic) bond motifs is 1. The lowest BCUT2D eigenvalue weighted by atomic mass is 9.81. The third-order valence-electron chi connectivity index (χ3n) is 6.74. The Labute approximate surface area is 181 Å². The summed E-state index contributed by atoms with van der Waals surface area (Å²) in [6.45, 7) is 2.91.